The Morgan fingerprint density at radius 2 is 1.00 bits per heavy atom. The fourth-order valence-corrected chi connectivity index (χ4v) is 5.13. The summed E-state index contributed by atoms with van der Waals surface area (Å²) in [5.74, 6) is -0.0464. The Morgan fingerprint density at radius 1 is 0.585 bits per heavy atom. The monoisotopic (exact) mass is 576 g/mol. The van der Waals surface area contributed by atoms with Crippen LogP contribution in [0.5, 0.6) is 0 Å². The molecule has 0 aliphatic carbocycles. The highest BCUT2D eigenvalue weighted by Crippen LogP contribution is 2.13. The van der Waals surface area contributed by atoms with Crippen molar-refractivity contribution in [1.82, 2.24) is 5.32 Å². The molecule has 0 saturated carbocycles. The summed E-state index contributed by atoms with van der Waals surface area (Å²) in [7, 11) is 0. The molecular formula is C37H69NO3. The molecule has 0 spiro atoms. The van der Waals surface area contributed by atoms with E-state index in [2.05, 4.69) is 55.6 Å². The van der Waals surface area contributed by atoms with Gasteiger partial charge in [-0.15, -0.1) is 0 Å². The Hall–Kier alpha value is -1.39. The first kappa shape index (κ1) is 39.6. The second-order valence-electron chi connectivity index (χ2n) is 11.9. The van der Waals surface area contributed by atoms with Gasteiger partial charge in [0.25, 0.3) is 0 Å². The lowest BCUT2D eigenvalue weighted by Crippen LogP contribution is -2.45. The fourth-order valence-electron chi connectivity index (χ4n) is 5.13. The van der Waals surface area contributed by atoms with Gasteiger partial charge < -0.3 is 15.5 Å². The Morgan fingerprint density at radius 3 is 1.49 bits per heavy atom. The molecule has 0 aliphatic rings. The van der Waals surface area contributed by atoms with E-state index in [4.69, 9.17) is 0 Å². The van der Waals surface area contributed by atoms with Gasteiger partial charge in [-0.1, -0.05) is 153 Å². The van der Waals surface area contributed by atoms with E-state index in [0.717, 1.165) is 38.5 Å². The number of aliphatic hydroxyl groups is 2. The van der Waals surface area contributed by atoms with Crippen LogP contribution in [0.25, 0.3) is 0 Å². The van der Waals surface area contributed by atoms with Crippen molar-refractivity contribution < 1.29 is 15.0 Å². The average Bonchev–Trinajstić information content (AvgIpc) is 2.97. The van der Waals surface area contributed by atoms with Crippen LogP contribution in [-0.4, -0.2) is 34.9 Å². The van der Waals surface area contributed by atoms with E-state index < -0.39 is 12.1 Å². The summed E-state index contributed by atoms with van der Waals surface area (Å²) >= 11 is 0. The van der Waals surface area contributed by atoms with Gasteiger partial charge >= 0.3 is 0 Å². The summed E-state index contributed by atoms with van der Waals surface area (Å²) in [5.41, 5.74) is 0. The highest BCUT2D eigenvalue weighted by atomic mass is 16.3. The molecule has 4 nitrogen and oxygen atoms in total. The van der Waals surface area contributed by atoms with Gasteiger partial charge in [-0.25, -0.2) is 0 Å². The van der Waals surface area contributed by atoms with Gasteiger partial charge in [-0.05, 0) is 51.4 Å². The molecule has 2 unspecified atom stereocenters. The number of unbranched alkanes of at least 4 members (excludes halogenated alkanes) is 18. The Kier molecular flexibility index (Phi) is 32.0. The quantitative estimate of drug-likeness (QED) is 0.0569. The van der Waals surface area contributed by atoms with E-state index in [9.17, 15) is 15.0 Å². The molecule has 0 bridgehead atoms. The van der Waals surface area contributed by atoms with Crippen LogP contribution in [-0.2, 0) is 4.79 Å². The summed E-state index contributed by atoms with van der Waals surface area (Å²) in [6.45, 7) is 4.27. The summed E-state index contributed by atoms with van der Waals surface area (Å²) in [6, 6.07) is -0.536. The van der Waals surface area contributed by atoms with Crippen LogP contribution in [0.15, 0.2) is 36.5 Å². The number of hydrogen-bond donors (Lipinski definition) is 3. The lowest BCUT2D eigenvalue weighted by Gasteiger charge is -2.22. The number of rotatable bonds is 31. The highest BCUT2D eigenvalue weighted by Gasteiger charge is 2.19. The molecule has 1 amide bonds. The summed E-state index contributed by atoms with van der Waals surface area (Å²) in [4.78, 5) is 12.2. The van der Waals surface area contributed by atoms with Crippen LogP contribution in [0.2, 0.25) is 0 Å². The van der Waals surface area contributed by atoms with Crippen molar-refractivity contribution in [2.75, 3.05) is 6.61 Å². The van der Waals surface area contributed by atoms with Crippen LogP contribution < -0.4 is 5.32 Å². The molecule has 0 aliphatic heterocycles. The van der Waals surface area contributed by atoms with Crippen LogP contribution in [0, 0.1) is 0 Å². The number of aliphatic hydroxyl groups excluding tert-OH is 2. The zero-order valence-corrected chi connectivity index (χ0v) is 27.3. The molecule has 0 aromatic carbocycles. The highest BCUT2D eigenvalue weighted by molar-refractivity contribution is 5.76. The lowest BCUT2D eigenvalue weighted by atomic mass is 10.0. The molecule has 0 saturated heterocycles. The minimum atomic E-state index is -0.658. The molecule has 3 N–H and O–H groups in total. The van der Waals surface area contributed by atoms with Crippen LogP contribution in [0.4, 0.5) is 0 Å². The topological polar surface area (TPSA) is 69.6 Å². The van der Waals surface area contributed by atoms with E-state index in [1.165, 1.54) is 109 Å². The average molecular weight is 576 g/mol. The second kappa shape index (κ2) is 33.1. The summed E-state index contributed by atoms with van der Waals surface area (Å²) < 4.78 is 0. The molecule has 2 atom stereocenters. The van der Waals surface area contributed by atoms with Gasteiger partial charge in [0.15, 0.2) is 0 Å². The molecule has 0 aromatic rings. The first-order valence-electron chi connectivity index (χ1n) is 17.7. The molecule has 0 fully saturated rings. The maximum Gasteiger partial charge on any atom is 0.220 e. The third kappa shape index (κ3) is 29.9. The van der Waals surface area contributed by atoms with Gasteiger partial charge in [0.2, 0.25) is 5.91 Å². The summed E-state index contributed by atoms with van der Waals surface area (Å²) in [6.07, 6.45) is 42.1. The molecule has 0 aromatic heterocycles. The molecule has 0 rings (SSSR count). The number of carbonyl (C=O) groups excluding carboxylic acids is 1. The third-order valence-electron chi connectivity index (χ3n) is 7.90. The predicted molar refractivity (Wildman–Crippen MR) is 179 cm³/mol. The van der Waals surface area contributed by atoms with E-state index in [1.54, 1.807) is 0 Å². The van der Waals surface area contributed by atoms with Gasteiger partial charge in [0, 0.05) is 6.42 Å². The van der Waals surface area contributed by atoms with Crippen molar-refractivity contribution in [2.45, 2.75) is 187 Å². The predicted octanol–water partition coefficient (Wildman–Crippen LogP) is 10.3. The van der Waals surface area contributed by atoms with Gasteiger partial charge in [-0.2, -0.15) is 0 Å². The lowest BCUT2D eigenvalue weighted by molar-refractivity contribution is -0.123. The van der Waals surface area contributed by atoms with E-state index in [0.29, 0.717) is 12.8 Å². The summed E-state index contributed by atoms with van der Waals surface area (Å²) in [5, 5.41) is 22.8. The molecule has 41 heavy (non-hydrogen) atoms. The zero-order chi connectivity index (χ0) is 30.1. The maximum absolute atomic E-state index is 12.2. The van der Waals surface area contributed by atoms with Crippen molar-refractivity contribution in [3.8, 4) is 0 Å². The molecular weight excluding hydrogens is 506 g/mol. The number of carbonyl (C=O) groups is 1. The van der Waals surface area contributed by atoms with E-state index >= 15 is 0 Å². The standard InChI is InChI=1S/C37H69NO3/c1-3-5-7-9-11-12-13-14-15-16-17-18-19-20-21-22-23-24-25-26-27-29-31-33-37(41)38-35(34-39)36(40)32-30-28-10-8-6-4-2/h13-14,16-17,19-20,35-36,39-40H,3-12,15,18,21-34H2,1-2H3,(H,38,41)/b14-13-,17-16-,20-19-. The Bertz CT molecular complexity index is 628. The Balaban J connectivity index is 3.54. The van der Waals surface area contributed by atoms with Gasteiger partial charge in [-0.3, -0.25) is 4.79 Å². The molecule has 0 heterocycles. The van der Waals surface area contributed by atoms with Crippen molar-refractivity contribution in [3.63, 3.8) is 0 Å². The van der Waals surface area contributed by atoms with Gasteiger partial charge in [0.05, 0.1) is 18.8 Å². The van der Waals surface area contributed by atoms with Crippen molar-refractivity contribution in [1.29, 1.82) is 0 Å². The maximum atomic E-state index is 12.2. The minimum absolute atomic E-state index is 0.0464. The van der Waals surface area contributed by atoms with Crippen LogP contribution in [0.3, 0.4) is 0 Å². The number of amides is 1. The van der Waals surface area contributed by atoms with E-state index in [1.807, 2.05) is 0 Å². The molecule has 4 heteroatoms. The van der Waals surface area contributed by atoms with Crippen molar-refractivity contribution in [3.05, 3.63) is 36.5 Å². The van der Waals surface area contributed by atoms with Crippen LogP contribution >= 0.6 is 0 Å². The largest absolute Gasteiger partial charge is 0.394 e. The fraction of sp³-hybridized carbons (Fsp3) is 0.811. The first-order valence-corrected chi connectivity index (χ1v) is 17.7. The molecule has 240 valence electrons. The Labute approximate surface area is 255 Å². The minimum Gasteiger partial charge on any atom is -0.394 e. The second-order valence-corrected chi connectivity index (χ2v) is 11.9. The number of hydrogen-bond acceptors (Lipinski definition) is 3. The normalized spacial score (nSPS) is 13.6. The number of nitrogens with one attached hydrogen (secondary N) is 1. The van der Waals surface area contributed by atoms with E-state index in [-0.39, 0.29) is 12.5 Å². The SMILES string of the molecule is CCCCCCC/C=C\C/C=C\C/C=C\CCCCCCCCCCC(=O)NC(CO)C(O)CCCCCCCC. The molecule has 0 radical (unpaired) electrons. The zero-order valence-electron chi connectivity index (χ0n) is 27.3. The third-order valence-corrected chi connectivity index (χ3v) is 7.90. The first-order chi connectivity index (χ1) is 20.2. The smallest absolute Gasteiger partial charge is 0.220 e. The number of allylic oxidation sites excluding steroid dienone is 6. The van der Waals surface area contributed by atoms with Crippen molar-refractivity contribution in [2.24, 2.45) is 0 Å². The van der Waals surface area contributed by atoms with Crippen LogP contribution in [0.1, 0.15) is 174 Å². The van der Waals surface area contributed by atoms with Crippen molar-refractivity contribution >= 4 is 5.91 Å². The van der Waals surface area contributed by atoms with Gasteiger partial charge in [0.1, 0.15) is 0 Å².